The molecule has 2 rings (SSSR count). The predicted octanol–water partition coefficient (Wildman–Crippen LogP) is 4.40. The van der Waals surface area contributed by atoms with E-state index in [2.05, 4.69) is 0 Å². The van der Waals surface area contributed by atoms with Gasteiger partial charge in [0.05, 0.1) is 5.56 Å². The van der Waals surface area contributed by atoms with Crippen molar-refractivity contribution in [3.8, 4) is 0 Å². The van der Waals surface area contributed by atoms with Crippen LogP contribution in [0.1, 0.15) is 15.9 Å². The van der Waals surface area contributed by atoms with Crippen molar-refractivity contribution in [2.24, 2.45) is 0 Å². The molecular formula is C15H14O2S2. The lowest BCUT2D eigenvalue weighted by molar-refractivity contribution is 0.0689. The molecule has 0 aliphatic carbocycles. The summed E-state index contributed by atoms with van der Waals surface area (Å²) in [5.41, 5.74) is 1.61. The van der Waals surface area contributed by atoms with E-state index in [0.717, 1.165) is 15.5 Å². The summed E-state index contributed by atoms with van der Waals surface area (Å²) < 4.78 is 0. The molecule has 0 saturated heterocycles. The second kappa shape index (κ2) is 6.68. The number of aromatic carboxylic acids is 1. The van der Waals surface area contributed by atoms with Crippen LogP contribution in [0.15, 0.2) is 58.3 Å². The van der Waals surface area contributed by atoms with E-state index < -0.39 is 5.97 Å². The zero-order valence-corrected chi connectivity index (χ0v) is 12.1. The predicted molar refractivity (Wildman–Crippen MR) is 81.2 cm³/mol. The normalized spacial score (nSPS) is 10.4. The van der Waals surface area contributed by atoms with Crippen LogP contribution in [0.2, 0.25) is 0 Å². The van der Waals surface area contributed by atoms with E-state index in [9.17, 15) is 9.90 Å². The maximum absolute atomic E-state index is 11.4. The van der Waals surface area contributed by atoms with Gasteiger partial charge in [0, 0.05) is 15.5 Å². The van der Waals surface area contributed by atoms with Crippen LogP contribution in [0.25, 0.3) is 0 Å². The van der Waals surface area contributed by atoms with E-state index in [0.29, 0.717) is 5.56 Å². The van der Waals surface area contributed by atoms with Gasteiger partial charge in [-0.15, -0.1) is 23.5 Å². The standard InChI is InChI=1S/C15H14O2S2/c1-18-12-8-5-9-13(14(12)15(16)17)19-10-11-6-3-2-4-7-11/h2-9H,10H2,1H3,(H,16,17). The van der Waals surface area contributed by atoms with E-state index >= 15 is 0 Å². The molecule has 0 amide bonds. The van der Waals surface area contributed by atoms with Gasteiger partial charge < -0.3 is 5.11 Å². The molecule has 0 aliphatic rings. The number of benzene rings is 2. The first-order valence-electron chi connectivity index (χ1n) is 5.79. The lowest BCUT2D eigenvalue weighted by atomic mass is 10.2. The molecule has 2 aromatic carbocycles. The first-order valence-corrected chi connectivity index (χ1v) is 8.00. The maximum atomic E-state index is 11.4. The second-order valence-corrected chi connectivity index (χ2v) is 5.78. The highest BCUT2D eigenvalue weighted by Crippen LogP contribution is 2.32. The smallest absolute Gasteiger partial charge is 0.337 e. The lowest BCUT2D eigenvalue weighted by Crippen LogP contribution is -2.01. The third-order valence-corrected chi connectivity index (χ3v) is 4.57. The van der Waals surface area contributed by atoms with Crippen LogP contribution in [0.3, 0.4) is 0 Å². The van der Waals surface area contributed by atoms with Gasteiger partial charge in [0.2, 0.25) is 0 Å². The number of thioether (sulfide) groups is 2. The number of hydrogen-bond acceptors (Lipinski definition) is 3. The highest BCUT2D eigenvalue weighted by molar-refractivity contribution is 7.99. The number of rotatable bonds is 5. The van der Waals surface area contributed by atoms with Gasteiger partial charge in [0.15, 0.2) is 0 Å². The number of carbonyl (C=O) groups is 1. The molecule has 0 saturated carbocycles. The van der Waals surface area contributed by atoms with Gasteiger partial charge in [-0.05, 0) is 24.0 Å². The van der Waals surface area contributed by atoms with Crippen LogP contribution >= 0.6 is 23.5 Å². The molecule has 0 heterocycles. The Morgan fingerprint density at radius 1 is 1.05 bits per heavy atom. The first-order chi connectivity index (χ1) is 9.22. The summed E-state index contributed by atoms with van der Waals surface area (Å²) in [5.74, 6) is -0.0839. The molecule has 4 heteroatoms. The van der Waals surface area contributed by atoms with Gasteiger partial charge in [0.25, 0.3) is 0 Å². The molecule has 0 atom stereocenters. The topological polar surface area (TPSA) is 37.3 Å². The average Bonchev–Trinajstić information content (AvgIpc) is 2.45. The third-order valence-electron chi connectivity index (χ3n) is 2.66. The summed E-state index contributed by atoms with van der Waals surface area (Å²) in [6.07, 6.45) is 1.90. The van der Waals surface area contributed by atoms with Crippen molar-refractivity contribution < 1.29 is 9.90 Å². The Bertz CT molecular complexity index is 568. The lowest BCUT2D eigenvalue weighted by Gasteiger charge is -2.09. The third kappa shape index (κ3) is 3.55. The van der Waals surface area contributed by atoms with Crippen molar-refractivity contribution >= 4 is 29.5 Å². The van der Waals surface area contributed by atoms with Crippen molar-refractivity contribution in [2.45, 2.75) is 15.5 Å². The number of carboxylic acid groups (broad SMARTS) is 1. The highest BCUT2D eigenvalue weighted by atomic mass is 32.2. The molecule has 0 unspecified atom stereocenters. The SMILES string of the molecule is CSc1cccc(SCc2ccccc2)c1C(=O)O. The summed E-state index contributed by atoms with van der Waals surface area (Å²) in [4.78, 5) is 13.0. The van der Waals surface area contributed by atoms with Gasteiger partial charge >= 0.3 is 5.97 Å². The van der Waals surface area contributed by atoms with E-state index in [1.165, 1.54) is 17.3 Å². The van der Waals surface area contributed by atoms with E-state index in [-0.39, 0.29) is 0 Å². The van der Waals surface area contributed by atoms with E-state index in [1.54, 1.807) is 11.8 Å². The van der Waals surface area contributed by atoms with Crippen LogP contribution < -0.4 is 0 Å². The van der Waals surface area contributed by atoms with Gasteiger partial charge in [0.1, 0.15) is 0 Å². The Labute approximate surface area is 121 Å². The van der Waals surface area contributed by atoms with E-state index in [1.807, 2.05) is 54.8 Å². The Hall–Kier alpha value is -1.39. The Balaban J connectivity index is 2.23. The van der Waals surface area contributed by atoms with Crippen molar-refractivity contribution in [3.63, 3.8) is 0 Å². The largest absolute Gasteiger partial charge is 0.478 e. The van der Waals surface area contributed by atoms with Gasteiger partial charge in [-0.2, -0.15) is 0 Å². The molecule has 0 radical (unpaired) electrons. The molecule has 98 valence electrons. The van der Waals surface area contributed by atoms with Crippen molar-refractivity contribution in [2.75, 3.05) is 6.26 Å². The second-order valence-electron chi connectivity index (χ2n) is 3.91. The fraction of sp³-hybridized carbons (Fsp3) is 0.133. The average molecular weight is 290 g/mol. The minimum absolute atomic E-state index is 0.413. The Kier molecular flexibility index (Phi) is 4.93. The van der Waals surface area contributed by atoms with Gasteiger partial charge in [-0.3, -0.25) is 0 Å². The molecule has 2 nitrogen and oxygen atoms in total. The molecule has 0 aliphatic heterocycles. The Morgan fingerprint density at radius 3 is 2.37 bits per heavy atom. The fourth-order valence-electron chi connectivity index (χ4n) is 1.75. The summed E-state index contributed by atoms with van der Waals surface area (Å²) >= 11 is 3.03. The quantitative estimate of drug-likeness (QED) is 0.828. The van der Waals surface area contributed by atoms with Crippen LogP contribution in [0.5, 0.6) is 0 Å². The maximum Gasteiger partial charge on any atom is 0.337 e. The molecule has 0 bridgehead atoms. The molecule has 0 aromatic heterocycles. The monoisotopic (exact) mass is 290 g/mol. The van der Waals surface area contributed by atoms with E-state index in [4.69, 9.17) is 0 Å². The van der Waals surface area contributed by atoms with Crippen LogP contribution in [-0.2, 0) is 5.75 Å². The zero-order valence-electron chi connectivity index (χ0n) is 10.5. The number of hydrogen-bond donors (Lipinski definition) is 1. The molecule has 0 spiro atoms. The minimum Gasteiger partial charge on any atom is -0.478 e. The van der Waals surface area contributed by atoms with Crippen LogP contribution in [0.4, 0.5) is 0 Å². The van der Waals surface area contributed by atoms with Crippen LogP contribution in [0, 0.1) is 0 Å². The molecular weight excluding hydrogens is 276 g/mol. The summed E-state index contributed by atoms with van der Waals surface area (Å²) in [7, 11) is 0. The zero-order chi connectivity index (χ0) is 13.7. The summed E-state index contributed by atoms with van der Waals surface area (Å²) in [5, 5.41) is 9.35. The fourth-order valence-corrected chi connectivity index (χ4v) is 3.46. The van der Waals surface area contributed by atoms with Crippen molar-refractivity contribution in [1.29, 1.82) is 0 Å². The first kappa shape index (κ1) is 14.0. The molecule has 1 N–H and O–H groups in total. The summed E-state index contributed by atoms with van der Waals surface area (Å²) in [6.45, 7) is 0. The molecule has 2 aromatic rings. The molecule has 19 heavy (non-hydrogen) atoms. The number of carboxylic acids is 1. The Morgan fingerprint density at radius 2 is 1.74 bits per heavy atom. The van der Waals surface area contributed by atoms with Crippen molar-refractivity contribution in [1.82, 2.24) is 0 Å². The van der Waals surface area contributed by atoms with Gasteiger partial charge in [-0.1, -0.05) is 36.4 Å². The minimum atomic E-state index is -0.861. The highest BCUT2D eigenvalue weighted by Gasteiger charge is 2.15. The van der Waals surface area contributed by atoms with Crippen molar-refractivity contribution in [3.05, 3.63) is 59.7 Å². The van der Waals surface area contributed by atoms with Crippen LogP contribution in [-0.4, -0.2) is 17.3 Å². The molecule has 0 fully saturated rings. The summed E-state index contributed by atoms with van der Waals surface area (Å²) in [6, 6.07) is 15.7. The van der Waals surface area contributed by atoms with Gasteiger partial charge in [-0.25, -0.2) is 4.79 Å².